The van der Waals surface area contributed by atoms with Gasteiger partial charge in [-0.2, -0.15) is 5.10 Å². The molecular formula is C27H32FN3O5. The van der Waals surface area contributed by atoms with Gasteiger partial charge in [0.2, 0.25) is 5.88 Å². The van der Waals surface area contributed by atoms with Gasteiger partial charge in [-0.1, -0.05) is 50.6 Å². The number of rotatable bonds is 9. The lowest BCUT2D eigenvalue weighted by molar-refractivity contribution is -0.137. The topological polar surface area (TPSA) is 114 Å². The number of aliphatic hydroxyl groups excluding tert-OH is 1. The Morgan fingerprint density at radius 3 is 2.47 bits per heavy atom. The molecule has 3 aromatic rings. The second kappa shape index (κ2) is 10.9. The third-order valence-electron chi connectivity index (χ3n) is 5.84. The minimum absolute atomic E-state index is 0.0420. The lowest BCUT2D eigenvalue weighted by Gasteiger charge is -2.25. The van der Waals surface area contributed by atoms with Gasteiger partial charge in [0.25, 0.3) is 5.91 Å². The Kier molecular flexibility index (Phi) is 8.14. The van der Waals surface area contributed by atoms with Gasteiger partial charge in [0.05, 0.1) is 24.3 Å². The van der Waals surface area contributed by atoms with Crippen LogP contribution in [0.3, 0.4) is 0 Å². The first-order valence-corrected chi connectivity index (χ1v) is 11.6. The van der Waals surface area contributed by atoms with Gasteiger partial charge in [-0.15, -0.1) is 0 Å². The van der Waals surface area contributed by atoms with Crippen LogP contribution < -0.4 is 10.1 Å². The Hall–Kier alpha value is -3.72. The number of amides is 1. The molecule has 2 unspecified atom stereocenters. The minimum atomic E-state index is -1.06. The molecule has 2 atom stereocenters. The predicted molar refractivity (Wildman–Crippen MR) is 133 cm³/mol. The molecule has 1 aromatic heterocycles. The van der Waals surface area contributed by atoms with Crippen molar-refractivity contribution in [1.82, 2.24) is 15.1 Å². The standard InChI is InChI=1S/C27H32FN3O5/c1-16-9-10-20(17(2)11-16)21(14-25(33)34)29-26(35)22-13-24(36-15-23(32)27(3,4)5)31(30-22)19-8-6-7-18(28)12-19/h6-13,21,23,32H,14-15H2,1-5H3,(H,29,35)(H,33,34). The van der Waals surface area contributed by atoms with Crippen LogP contribution in [-0.2, 0) is 4.79 Å². The van der Waals surface area contributed by atoms with E-state index in [0.717, 1.165) is 11.1 Å². The van der Waals surface area contributed by atoms with E-state index in [4.69, 9.17) is 4.74 Å². The van der Waals surface area contributed by atoms with Crippen LogP contribution in [0, 0.1) is 25.1 Å². The van der Waals surface area contributed by atoms with E-state index in [2.05, 4.69) is 10.4 Å². The summed E-state index contributed by atoms with van der Waals surface area (Å²) in [4.78, 5) is 24.7. The molecule has 8 nitrogen and oxygen atoms in total. The molecule has 0 bridgehead atoms. The second-order valence-corrected chi connectivity index (χ2v) is 9.94. The monoisotopic (exact) mass is 497 g/mol. The van der Waals surface area contributed by atoms with Gasteiger partial charge in [-0.25, -0.2) is 9.07 Å². The zero-order chi connectivity index (χ0) is 26.6. The number of aliphatic hydroxyl groups is 1. The summed E-state index contributed by atoms with van der Waals surface area (Å²) in [6.07, 6.45) is -1.13. The number of hydrogen-bond acceptors (Lipinski definition) is 5. The lowest BCUT2D eigenvalue weighted by atomic mass is 9.90. The number of aliphatic carboxylic acids is 1. The van der Waals surface area contributed by atoms with Gasteiger partial charge in [0, 0.05) is 6.07 Å². The number of nitrogens with one attached hydrogen (secondary N) is 1. The molecule has 0 radical (unpaired) electrons. The van der Waals surface area contributed by atoms with E-state index < -0.39 is 35.3 Å². The summed E-state index contributed by atoms with van der Waals surface area (Å²) in [6, 6.07) is 11.8. The molecule has 3 rings (SSSR count). The molecule has 9 heteroatoms. The van der Waals surface area contributed by atoms with Crippen LogP contribution in [0.25, 0.3) is 5.69 Å². The van der Waals surface area contributed by atoms with E-state index >= 15 is 0 Å². The van der Waals surface area contributed by atoms with E-state index in [1.54, 1.807) is 12.1 Å². The van der Waals surface area contributed by atoms with Crippen molar-refractivity contribution >= 4 is 11.9 Å². The van der Waals surface area contributed by atoms with Crippen LogP contribution in [0.5, 0.6) is 5.88 Å². The molecule has 0 aliphatic heterocycles. The molecule has 1 amide bonds. The number of carboxylic acid groups (broad SMARTS) is 1. The number of aromatic nitrogens is 2. The zero-order valence-electron chi connectivity index (χ0n) is 21.1. The highest BCUT2D eigenvalue weighted by Gasteiger charge is 2.26. The van der Waals surface area contributed by atoms with Crippen LogP contribution in [0.4, 0.5) is 4.39 Å². The van der Waals surface area contributed by atoms with Gasteiger partial charge in [-0.05, 0) is 48.6 Å². The molecule has 0 aliphatic rings. The van der Waals surface area contributed by atoms with Crippen molar-refractivity contribution in [3.05, 3.63) is 76.7 Å². The quantitative estimate of drug-likeness (QED) is 0.405. The summed E-state index contributed by atoms with van der Waals surface area (Å²) in [5.41, 5.74) is 2.40. The molecule has 192 valence electrons. The van der Waals surface area contributed by atoms with Crippen LogP contribution in [0.15, 0.2) is 48.5 Å². The highest BCUT2D eigenvalue weighted by atomic mass is 19.1. The molecule has 36 heavy (non-hydrogen) atoms. The van der Waals surface area contributed by atoms with Gasteiger partial charge in [0.1, 0.15) is 12.4 Å². The van der Waals surface area contributed by atoms with E-state index in [0.29, 0.717) is 11.3 Å². The molecule has 2 aromatic carbocycles. The smallest absolute Gasteiger partial charge is 0.305 e. The van der Waals surface area contributed by atoms with Crippen molar-refractivity contribution < 1.29 is 28.9 Å². The number of carboxylic acids is 1. The molecule has 0 spiro atoms. The Labute approximate surface area is 209 Å². The molecule has 0 aliphatic carbocycles. The summed E-state index contributed by atoms with van der Waals surface area (Å²) >= 11 is 0. The third kappa shape index (κ3) is 6.69. The van der Waals surface area contributed by atoms with Crippen LogP contribution in [0.1, 0.15) is 60.4 Å². The normalized spacial score (nSPS) is 13.2. The molecule has 0 fully saturated rings. The first-order valence-electron chi connectivity index (χ1n) is 11.6. The Balaban J connectivity index is 1.94. The molecular weight excluding hydrogens is 465 g/mol. The maximum atomic E-state index is 13.9. The summed E-state index contributed by atoms with van der Waals surface area (Å²) in [6.45, 7) is 9.29. The van der Waals surface area contributed by atoms with Crippen LogP contribution >= 0.6 is 0 Å². The van der Waals surface area contributed by atoms with Crippen molar-refractivity contribution in [2.24, 2.45) is 5.41 Å². The first kappa shape index (κ1) is 26.9. The highest BCUT2D eigenvalue weighted by molar-refractivity contribution is 5.93. The third-order valence-corrected chi connectivity index (χ3v) is 5.84. The average Bonchev–Trinajstić information content (AvgIpc) is 3.20. The fourth-order valence-electron chi connectivity index (χ4n) is 3.65. The van der Waals surface area contributed by atoms with Crippen molar-refractivity contribution in [2.45, 2.75) is 53.2 Å². The fourth-order valence-corrected chi connectivity index (χ4v) is 3.65. The van der Waals surface area contributed by atoms with Crippen molar-refractivity contribution in [2.75, 3.05) is 6.61 Å². The number of hydrogen-bond donors (Lipinski definition) is 3. The Morgan fingerprint density at radius 1 is 1.14 bits per heavy atom. The number of aryl methyl sites for hydroxylation is 2. The maximum absolute atomic E-state index is 13.9. The molecule has 3 N–H and O–H groups in total. The Bertz CT molecular complexity index is 1250. The van der Waals surface area contributed by atoms with Gasteiger partial charge < -0.3 is 20.3 Å². The van der Waals surface area contributed by atoms with E-state index in [-0.39, 0.29) is 24.6 Å². The van der Waals surface area contributed by atoms with Gasteiger partial charge in [-0.3, -0.25) is 9.59 Å². The summed E-state index contributed by atoms with van der Waals surface area (Å²) in [5.74, 6) is -2.04. The zero-order valence-corrected chi connectivity index (χ0v) is 21.1. The molecule has 0 saturated heterocycles. The van der Waals surface area contributed by atoms with E-state index in [1.165, 1.54) is 28.9 Å². The summed E-state index contributed by atoms with van der Waals surface area (Å²) in [5, 5.41) is 26.9. The fraction of sp³-hybridized carbons (Fsp3) is 0.370. The van der Waals surface area contributed by atoms with Gasteiger partial charge >= 0.3 is 5.97 Å². The predicted octanol–water partition coefficient (Wildman–Crippen LogP) is 4.36. The molecule has 0 saturated carbocycles. The Morgan fingerprint density at radius 2 is 1.86 bits per heavy atom. The van der Waals surface area contributed by atoms with E-state index in [1.807, 2.05) is 46.8 Å². The van der Waals surface area contributed by atoms with Crippen molar-refractivity contribution in [1.29, 1.82) is 0 Å². The summed E-state index contributed by atoms with van der Waals surface area (Å²) < 4.78 is 21.0. The van der Waals surface area contributed by atoms with Crippen molar-refractivity contribution in [3.63, 3.8) is 0 Å². The SMILES string of the molecule is Cc1ccc(C(CC(=O)O)NC(=O)c2cc(OCC(O)C(C)(C)C)n(-c3cccc(F)c3)n2)c(C)c1. The first-order chi connectivity index (χ1) is 16.8. The number of halogens is 1. The number of carbonyl (C=O) groups is 2. The lowest BCUT2D eigenvalue weighted by Crippen LogP contribution is -2.32. The van der Waals surface area contributed by atoms with E-state index in [9.17, 15) is 24.2 Å². The maximum Gasteiger partial charge on any atom is 0.305 e. The van der Waals surface area contributed by atoms with Crippen LogP contribution in [-0.4, -0.2) is 44.6 Å². The number of ether oxygens (including phenoxy) is 1. The highest BCUT2D eigenvalue weighted by Crippen LogP contribution is 2.26. The van der Waals surface area contributed by atoms with Crippen molar-refractivity contribution in [3.8, 4) is 11.6 Å². The van der Waals surface area contributed by atoms with Crippen LogP contribution in [0.2, 0.25) is 0 Å². The largest absolute Gasteiger partial charge is 0.481 e. The minimum Gasteiger partial charge on any atom is -0.481 e. The second-order valence-electron chi connectivity index (χ2n) is 9.94. The number of benzene rings is 2. The van der Waals surface area contributed by atoms with Gasteiger partial charge in [0.15, 0.2) is 5.69 Å². The average molecular weight is 498 g/mol. The molecule has 1 heterocycles. The summed E-state index contributed by atoms with van der Waals surface area (Å²) in [7, 11) is 0. The number of carbonyl (C=O) groups excluding carboxylic acids is 1. The number of nitrogens with zero attached hydrogens (tertiary/aromatic N) is 2.